The number of carboxylic acids is 1. The third-order valence-electron chi connectivity index (χ3n) is 0.967. The van der Waals surface area contributed by atoms with Crippen molar-refractivity contribution in [1.29, 1.82) is 0 Å². The number of rotatable bonds is 6. The van der Waals surface area contributed by atoms with Crippen molar-refractivity contribution in [3.8, 4) is 0 Å². The van der Waals surface area contributed by atoms with Gasteiger partial charge in [-0.25, -0.2) is 0 Å². The Kier molecular flexibility index (Phi) is 5.27. The maximum absolute atomic E-state index is 10.6. The first-order valence-electron chi connectivity index (χ1n) is 3.14. The van der Waals surface area contributed by atoms with E-state index in [-0.39, 0.29) is 19.4 Å². The summed E-state index contributed by atoms with van der Waals surface area (Å²) in [5, 5.41) is 8.19. The molecule has 0 unspecified atom stereocenters. The van der Waals surface area contributed by atoms with Gasteiger partial charge in [0.1, 0.15) is 0 Å². The second-order valence-electron chi connectivity index (χ2n) is 1.89. The Balaban J connectivity index is 3.51. The van der Waals surface area contributed by atoms with Gasteiger partial charge in [-0.1, -0.05) is 0 Å². The van der Waals surface area contributed by atoms with E-state index in [0.29, 0.717) is 10.8 Å². The van der Waals surface area contributed by atoms with Crippen molar-refractivity contribution in [1.82, 2.24) is 0 Å². The van der Waals surface area contributed by atoms with Gasteiger partial charge in [0.25, 0.3) is 0 Å². The van der Waals surface area contributed by atoms with Gasteiger partial charge in [0, 0.05) is 6.42 Å². The van der Waals surface area contributed by atoms with E-state index in [9.17, 15) is 13.2 Å². The lowest BCUT2D eigenvalue weighted by molar-refractivity contribution is -0.137. The average Bonchev–Trinajstić information content (AvgIpc) is 1.98. The lowest BCUT2D eigenvalue weighted by Crippen LogP contribution is -2.04. The zero-order valence-electron chi connectivity index (χ0n) is 6.52. The molecule has 0 aromatic rings. The zero-order valence-corrected chi connectivity index (χ0v) is 8.15. The van der Waals surface area contributed by atoms with Gasteiger partial charge < -0.3 is 5.11 Å². The molecule has 72 valence electrons. The first kappa shape index (κ1) is 11.7. The quantitative estimate of drug-likeness (QED) is 0.511. The average molecular weight is 214 g/mol. The van der Waals surface area contributed by atoms with Crippen LogP contribution in [-0.2, 0) is 18.1 Å². The first-order chi connectivity index (χ1) is 5.48. The molecule has 0 aromatic heterocycles. The smallest absolute Gasteiger partial charge is 0.321 e. The van der Waals surface area contributed by atoms with E-state index in [2.05, 4.69) is 4.18 Å². The molecule has 0 amide bonds. The highest BCUT2D eigenvalue weighted by Gasteiger charge is 2.07. The maximum atomic E-state index is 10.6. The fourth-order valence-electron chi connectivity index (χ4n) is 0.432. The largest absolute Gasteiger partial charge is 0.481 e. The van der Waals surface area contributed by atoms with Crippen LogP contribution in [0.25, 0.3) is 0 Å². The first-order valence-corrected chi connectivity index (χ1v) is 6.29. The van der Waals surface area contributed by atoms with E-state index < -0.39 is 15.1 Å². The molecule has 0 aliphatic rings. The van der Waals surface area contributed by atoms with E-state index in [1.807, 2.05) is 0 Å². The molecule has 0 aromatic carbocycles. The lowest BCUT2D eigenvalue weighted by Gasteiger charge is -1.99. The summed E-state index contributed by atoms with van der Waals surface area (Å²) in [6.45, 7) is -0.0739. The van der Waals surface area contributed by atoms with Gasteiger partial charge in [-0.3, -0.25) is 8.98 Å². The molecule has 0 spiro atoms. The number of aliphatic carboxylic acids is 1. The highest BCUT2D eigenvalue weighted by atomic mass is 33.1. The van der Waals surface area contributed by atoms with Crippen LogP contribution >= 0.6 is 10.8 Å². The zero-order chi connectivity index (χ0) is 9.61. The molecule has 0 heterocycles. The van der Waals surface area contributed by atoms with Crippen molar-refractivity contribution in [3.63, 3.8) is 0 Å². The van der Waals surface area contributed by atoms with Gasteiger partial charge in [0.15, 0.2) is 0 Å². The summed E-state index contributed by atoms with van der Waals surface area (Å²) in [5.41, 5.74) is 0. The molecule has 0 atom stereocenters. The van der Waals surface area contributed by atoms with Crippen LogP contribution < -0.4 is 0 Å². The molecule has 0 bridgehead atoms. The van der Waals surface area contributed by atoms with Crippen LogP contribution in [0, 0.1) is 0 Å². The van der Waals surface area contributed by atoms with Gasteiger partial charge in [-0.15, -0.1) is 0 Å². The SMILES string of the molecule is CSS(=O)(=O)OCCCC(=O)O. The minimum absolute atomic E-state index is 0.0739. The fourth-order valence-corrected chi connectivity index (χ4v) is 1.34. The molecular weight excluding hydrogens is 204 g/mol. The molecule has 0 saturated heterocycles. The van der Waals surface area contributed by atoms with Crippen LogP contribution in [0.5, 0.6) is 0 Å². The number of carbonyl (C=O) groups is 1. The standard InChI is InChI=1S/C5H10O5S2/c1-11-12(8,9)10-4-2-3-5(6)7/h2-4H2,1H3,(H,6,7). The Hall–Kier alpha value is -0.270. The van der Waals surface area contributed by atoms with E-state index in [4.69, 9.17) is 5.11 Å². The third kappa shape index (κ3) is 6.44. The Labute approximate surface area is 74.6 Å². The molecule has 0 aliphatic carbocycles. The van der Waals surface area contributed by atoms with Gasteiger partial charge in [-0.2, -0.15) is 8.42 Å². The highest BCUT2D eigenvalue weighted by Crippen LogP contribution is 2.09. The van der Waals surface area contributed by atoms with Crippen LogP contribution in [-0.4, -0.2) is 32.4 Å². The predicted molar refractivity (Wildman–Crippen MR) is 45.3 cm³/mol. The van der Waals surface area contributed by atoms with Gasteiger partial charge in [0.05, 0.1) is 6.61 Å². The van der Waals surface area contributed by atoms with Crippen molar-refractivity contribution in [3.05, 3.63) is 0 Å². The Morgan fingerprint density at radius 1 is 1.58 bits per heavy atom. The van der Waals surface area contributed by atoms with Crippen molar-refractivity contribution in [2.24, 2.45) is 0 Å². The maximum Gasteiger partial charge on any atom is 0.321 e. The topological polar surface area (TPSA) is 80.7 Å². The Morgan fingerprint density at radius 3 is 2.58 bits per heavy atom. The van der Waals surface area contributed by atoms with E-state index in [0.717, 1.165) is 0 Å². The summed E-state index contributed by atoms with van der Waals surface area (Å²) in [4.78, 5) is 9.98. The normalized spacial score (nSPS) is 11.4. The summed E-state index contributed by atoms with van der Waals surface area (Å²) in [7, 11) is -2.91. The van der Waals surface area contributed by atoms with E-state index >= 15 is 0 Å². The van der Waals surface area contributed by atoms with Crippen molar-refractivity contribution >= 4 is 25.9 Å². The highest BCUT2D eigenvalue weighted by molar-refractivity contribution is 8.70. The van der Waals surface area contributed by atoms with Gasteiger partial charge >= 0.3 is 15.1 Å². The second-order valence-corrected chi connectivity index (χ2v) is 5.50. The molecule has 0 aliphatic heterocycles. The number of hydrogen-bond donors (Lipinski definition) is 1. The van der Waals surface area contributed by atoms with Gasteiger partial charge in [-0.05, 0) is 23.5 Å². The van der Waals surface area contributed by atoms with Crippen LogP contribution in [0.4, 0.5) is 0 Å². The van der Waals surface area contributed by atoms with E-state index in [1.165, 1.54) is 6.26 Å². The second kappa shape index (κ2) is 5.39. The lowest BCUT2D eigenvalue weighted by atomic mass is 10.3. The predicted octanol–water partition coefficient (Wildman–Crippen LogP) is 0.476. The molecule has 0 saturated carbocycles. The third-order valence-corrected chi connectivity index (χ3v) is 3.34. The Morgan fingerprint density at radius 2 is 2.17 bits per heavy atom. The summed E-state index contributed by atoms with van der Waals surface area (Å²) < 4.78 is 25.7. The van der Waals surface area contributed by atoms with Crippen LogP contribution in [0.2, 0.25) is 0 Å². The number of carboxylic acid groups (broad SMARTS) is 1. The van der Waals surface area contributed by atoms with Crippen molar-refractivity contribution in [2.75, 3.05) is 12.9 Å². The summed E-state index contributed by atoms with van der Waals surface area (Å²) >= 11 is 0. The molecule has 12 heavy (non-hydrogen) atoms. The minimum Gasteiger partial charge on any atom is -0.481 e. The summed E-state index contributed by atoms with van der Waals surface area (Å²) in [5.74, 6) is -0.958. The van der Waals surface area contributed by atoms with Crippen molar-refractivity contribution < 1.29 is 22.5 Å². The summed E-state index contributed by atoms with van der Waals surface area (Å²) in [6, 6.07) is 0. The molecule has 7 heteroatoms. The molecule has 1 N–H and O–H groups in total. The molecule has 0 radical (unpaired) electrons. The van der Waals surface area contributed by atoms with Crippen LogP contribution in [0.1, 0.15) is 12.8 Å². The fraction of sp³-hybridized carbons (Fsp3) is 0.800. The summed E-state index contributed by atoms with van der Waals surface area (Å²) in [6.07, 6.45) is 1.51. The minimum atomic E-state index is -3.49. The van der Waals surface area contributed by atoms with E-state index in [1.54, 1.807) is 0 Å². The molecule has 0 rings (SSSR count). The van der Waals surface area contributed by atoms with Crippen LogP contribution in [0.3, 0.4) is 0 Å². The van der Waals surface area contributed by atoms with Crippen LogP contribution in [0.15, 0.2) is 0 Å². The molecule has 5 nitrogen and oxygen atoms in total. The molecule has 0 fully saturated rings. The monoisotopic (exact) mass is 214 g/mol. The number of hydrogen-bond acceptors (Lipinski definition) is 5. The van der Waals surface area contributed by atoms with Crippen molar-refractivity contribution in [2.45, 2.75) is 12.8 Å². The molecular formula is C5H10O5S2. The van der Waals surface area contributed by atoms with Gasteiger partial charge in [0.2, 0.25) is 0 Å². The Bertz CT molecular complexity index is 232.